The van der Waals surface area contributed by atoms with Crippen LogP contribution in [0.15, 0.2) is 35.6 Å². The highest BCUT2D eigenvalue weighted by Crippen LogP contribution is 2.41. The molecule has 32 heavy (non-hydrogen) atoms. The maximum Gasteiger partial charge on any atom is 0.287 e. The van der Waals surface area contributed by atoms with Crippen molar-refractivity contribution < 1.29 is 8.78 Å². The topological polar surface area (TPSA) is 60.0 Å². The summed E-state index contributed by atoms with van der Waals surface area (Å²) in [5.41, 5.74) is 3.31. The lowest BCUT2D eigenvalue weighted by molar-refractivity contribution is 0.0129. The van der Waals surface area contributed by atoms with Gasteiger partial charge in [-0.2, -0.15) is 18.0 Å². The van der Waals surface area contributed by atoms with Gasteiger partial charge in [0.1, 0.15) is 17.0 Å². The van der Waals surface area contributed by atoms with Crippen LogP contribution in [0.2, 0.25) is 0 Å². The van der Waals surface area contributed by atoms with Gasteiger partial charge in [0, 0.05) is 38.0 Å². The third-order valence-corrected chi connectivity index (χ3v) is 8.24. The van der Waals surface area contributed by atoms with Crippen LogP contribution in [0.5, 0.6) is 0 Å². The SMILES string of the molecule is C=S(=C)(CC)c1c(-c2nc3cc(C(C)(F)F)ncc3n2C)nc2cc(NC3CC3)ccn12. The summed E-state index contributed by atoms with van der Waals surface area (Å²) >= 11 is 0. The molecule has 9 heteroatoms. The van der Waals surface area contributed by atoms with Gasteiger partial charge in [-0.05, 0) is 30.7 Å². The molecule has 4 aromatic heterocycles. The molecule has 0 bridgehead atoms. The van der Waals surface area contributed by atoms with Crippen LogP contribution >= 0.6 is 9.21 Å². The molecule has 1 fully saturated rings. The number of rotatable bonds is 6. The number of nitrogens with zero attached hydrogens (tertiary/aromatic N) is 5. The van der Waals surface area contributed by atoms with E-state index in [1.807, 2.05) is 34.3 Å². The van der Waals surface area contributed by atoms with E-state index in [2.05, 4.69) is 29.0 Å². The minimum Gasteiger partial charge on any atom is -0.382 e. The number of pyridine rings is 2. The molecule has 5 rings (SSSR count). The molecule has 1 aliphatic rings. The van der Waals surface area contributed by atoms with E-state index in [9.17, 15) is 8.78 Å². The summed E-state index contributed by atoms with van der Waals surface area (Å²) < 4.78 is 31.5. The summed E-state index contributed by atoms with van der Waals surface area (Å²) in [7, 11) is 0.168. The zero-order chi connectivity index (χ0) is 22.8. The quantitative estimate of drug-likeness (QED) is 0.414. The third kappa shape index (κ3) is 3.44. The van der Waals surface area contributed by atoms with Gasteiger partial charge in [-0.15, -0.1) is 0 Å². The monoisotopic (exact) mass is 456 g/mol. The number of aryl methyl sites for hydroxylation is 1. The zero-order valence-corrected chi connectivity index (χ0v) is 19.2. The number of alkyl halides is 2. The Kier molecular flexibility index (Phi) is 4.60. The molecular weight excluding hydrogens is 430 g/mol. The summed E-state index contributed by atoms with van der Waals surface area (Å²) in [5, 5.41) is 4.42. The van der Waals surface area contributed by atoms with Crippen molar-refractivity contribution in [2.45, 2.75) is 43.7 Å². The molecule has 0 aliphatic heterocycles. The molecule has 1 N–H and O–H groups in total. The van der Waals surface area contributed by atoms with E-state index in [0.29, 0.717) is 28.6 Å². The van der Waals surface area contributed by atoms with Crippen LogP contribution in [-0.4, -0.2) is 47.5 Å². The highest BCUT2D eigenvalue weighted by atomic mass is 32.2. The van der Waals surface area contributed by atoms with E-state index in [1.165, 1.54) is 25.1 Å². The van der Waals surface area contributed by atoms with E-state index in [4.69, 9.17) is 9.97 Å². The third-order valence-electron chi connectivity index (χ3n) is 5.92. The average Bonchev–Trinajstić information content (AvgIpc) is 3.37. The fourth-order valence-electron chi connectivity index (χ4n) is 3.81. The molecule has 168 valence electrons. The average molecular weight is 457 g/mol. The van der Waals surface area contributed by atoms with Crippen LogP contribution in [-0.2, 0) is 13.0 Å². The highest BCUT2D eigenvalue weighted by molar-refractivity contribution is 8.27. The van der Waals surface area contributed by atoms with E-state index >= 15 is 0 Å². The molecule has 0 amide bonds. The molecule has 0 radical (unpaired) electrons. The van der Waals surface area contributed by atoms with Crippen molar-refractivity contribution in [2.75, 3.05) is 11.1 Å². The van der Waals surface area contributed by atoms with Gasteiger partial charge >= 0.3 is 0 Å². The van der Waals surface area contributed by atoms with Gasteiger partial charge in [0.2, 0.25) is 0 Å². The maximum atomic E-state index is 13.8. The summed E-state index contributed by atoms with van der Waals surface area (Å²) in [6.07, 6.45) is 5.81. The second-order valence-corrected chi connectivity index (χ2v) is 11.7. The van der Waals surface area contributed by atoms with Gasteiger partial charge in [-0.3, -0.25) is 9.38 Å². The van der Waals surface area contributed by atoms with Crippen LogP contribution in [0.3, 0.4) is 0 Å². The lowest BCUT2D eigenvalue weighted by atomic mass is 10.2. The fourth-order valence-corrected chi connectivity index (χ4v) is 5.20. The Labute approximate surface area is 185 Å². The zero-order valence-electron chi connectivity index (χ0n) is 18.4. The number of nitrogens with one attached hydrogen (secondary N) is 1. The smallest absolute Gasteiger partial charge is 0.287 e. The fraction of sp³-hybridized carbons (Fsp3) is 0.348. The Balaban J connectivity index is 1.74. The van der Waals surface area contributed by atoms with Crippen molar-refractivity contribution in [1.29, 1.82) is 0 Å². The standard InChI is InChI=1S/C23H26F2N6S/c1-6-32(4,5)22-20(29-19-11-15(9-10-31(19)22)27-14-7-8-14)21-28-16-12-18(23(2,24)25)26-13-17(16)30(21)3/h9-14,27H,4-8H2,1-3H3. The molecule has 6 nitrogen and oxygen atoms in total. The molecule has 0 saturated heterocycles. The summed E-state index contributed by atoms with van der Waals surface area (Å²) in [6.45, 7) is 2.90. The molecule has 0 atom stereocenters. The second-order valence-electron chi connectivity index (χ2n) is 8.60. The molecule has 0 spiro atoms. The van der Waals surface area contributed by atoms with Crippen LogP contribution in [0, 0.1) is 0 Å². The van der Waals surface area contributed by atoms with Gasteiger partial charge in [-0.1, -0.05) is 18.7 Å². The van der Waals surface area contributed by atoms with Crippen molar-refractivity contribution in [3.8, 4) is 11.5 Å². The molecule has 0 unspecified atom stereocenters. The minimum atomic E-state index is -3.03. The number of hydrogen-bond acceptors (Lipinski definition) is 4. The van der Waals surface area contributed by atoms with Crippen LogP contribution < -0.4 is 5.32 Å². The Morgan fingerprint density at radius 2 is 2.00 bits per heavy atom. The number of imidazole rings is 2. The van der Waals surface area contributed by atoms with E-state index in [1.54, 1.807) is 0 Å². The maximum absolute atomic E-state index is 13.8. The van der Waals surface area contributed by atoms with Crippen molar-refractivity contribution >= 4 is 43.3 Å². The van der Waals surface area contributed by atoms with E-state index < -0.39 is 15.1 Å². The molecule has 1 aliphatic carbocycles. The van der Waals surface area contributed by atoms with Crippen molar-refractivity contribution in [1.82, 2.24) is 23.9 Å². The van der Waals surface area contributed by atoms with E-state index in [0.717, 1.165) is 29.0 Å². The first-order valence-electron chi connectivity index (χ1n) is 10.6. The minimum absolute atomic E-state index is 0.302. The Bertz CT molecular complexity index is 1460. The van der Waals surface area contributed by atoms with Crippen molar-refractivity contribution in [2.24, 2.45) is 7.05 Å². The van der Waals surface area contributed by atoms with Crippen LogP contribution in [0.25, 0.3) is 28.2 Å². The van der Waals surface area contributed by atoms with Crippen molar-refractivity contribution in [3.05, 3.63) is 36.3 Å². The second kappa shape index (κ2) is 7.03. The van der Waals surface area contributed by atoms with Gasteiger partial charge in [0.15, 0.2) is 5.82 Å². The molecule has 0 aromatic carbocycles. The number of hydrogen-bond donors (Lipinski definition) is 1. The number of fused-ring (bicyclic) bond motifs is 2. The molecule has 1 saturated carbocycles. The molecule has 4 aromatic rings. The lowest BCUT2D eigenvalue weighted by Gasteiger charge is -2.14. The Morgan fingerprint density at radius 3 is 2.66 bits per heavy atom. The van der Waals surface area contributed by atoms with E-state index in [-0.39, 0.29) is 5.69 Å². The Hall–Kier alpha value is -2.94. The van der Waals surface area contributed by atoms with Gasteiger partial charge in [-0.25, -0.2) is 9.97 Å². The van der Waals surface area contributed by atoms with Gasteiger partial charge in [0.05, 0.1) is 22.3 Å². The van der Waals surface area contributed by atoms with Crippen molar-refractivity contribution in [3.63, 3.8) is 0 Å². The van der Waals surface area contributed by atoms with Gasteiger partial charge in [0.25, 0.3) is 5.92 Å². The predicted octanol–water partition coefficient (Wildman–Crippen LogP) is 5.02. The molecular formula is C23H26F2N6S. The summed E-state index contributed by atoms with van der Waals surface area (Å²) in [5.74, 6) is 7.18. The first-order chi connectivity index (χ1) is 15.1. The largest absolute Gasteiger partial charge is 0.382 e. The Morgan fingerprint density at radius 1 is 1.25 bits per heavy atom. The normalized spacial score (nSPS) is 15.0. The summed E-state index contributed by atoms with van der Waals surface area (Å²) in [6, 6.07) is 5.95. The number of anilines is 1. The number of aromatic nitrogens is 5. The first kappa shape index (κ1) is 20.9. The van der Waals surface area contributed by atoms with Gasteiger partial charge < -0.3 is 9.88 Å². The molecule has 4 heterocycles. The number of halogens is 2. The van der Waals surface area contributed by atoms with Crippen LogP contribution in [0.1, 0.15) is 32.4 Å². The predicted molar refractivity (Wildman–Crippen MR) is 130 cm³/mol. The lowest BCUT2D eigenvalue weighted by Crippen LogP contribution is -2.09. The van der Waals surface area contributed by atoms with Crippen LogP contribution in [0.4, 0.5) is 14.5 Å². The highest BCUT2D eigenvalue weighted by Gasteiger charge is 2.28. The summed E-state index contributed by atoms with van der Waals surface area (Å²) in [4.78, 5) is 13.6. The first-order valence-corrected chi connectivity index (χ1v) is 12.7.